The molecule has 0 spiro atoms. The molecule has 0 fully saturated rings. The number of hydrogen-bond donors (Lipinski definition) is 1. The summed E-state index contributed by atoms with van der Waals surface area (Å²) in [6.45, 7) is 1.25. The molecule has 2 rings (SSSR count). The SMILES string of the molecule is COCCn1c(CO)nc2cc(Br)ccc21. The summed E-state index contributed by atoms with van der Waals surface area (Å²) < 4.78 is 8.01. The topological polar surface area (TPSA) is 47.3 Å². The normalized spacial score (nSPS) is 11.2. The van der Waals surface area contributed by atoms with Crippen LogP contribution in [0.5, 0.6) is 0 Å². The molecule has 0 atom stereocenters. The van der Waals surface area contributed by atoms with Gasteiger partial charge in [0.25, 0.3) is 0 Å². The lowest BCUT2D eigenvalue weighted by Crippen LogP contribution is -2.08. The van der Waals surface area contributed by atoms with E-state index in [4.69, 9.17) is 4.74 Å². The van der Waals surface area contributed by atoms with Crippen molar-refractivity contribution in [2.45, 2.75) is 13.2 Å². The van der Waals surface area contributed by atoms with Crippen LogP contribution in [-0.2, 0) is 17.9 Å². The summed E-state index contributed by atoms with van der Waals surface area (Å²) in [5.41, 5.74) is 1.90. The van der Waals surface area contributed by atoms with Crippen molar-refractivity contribution >= 4 is 27.0 Å². The van der Waals surface area contributed by atoms with Crippen molar-refractivity contribution in [3.8, 4) is 0 Å². The maximum Gasteiger partial charge on any atom is 0.135 e. The Morgan fingerprint density at radius 3 is 3.00 bits per heavy atom. The first-order valence-electron chi connectivity index (χ1n) is 5.00. The van der Waals surface area contributed by atoms with E-state index in [1.807, 2.05) is 22.8 Å². The number of nitrogens with zero attached hydrogens (tertiary/aromatic N) is 2. The molecule has 0 saturated heterocycles. The molecule has 0 unspecified atom stereocenters. The van der Waals surface area contributed by atoms with Crippen LogP contribution >= 0.6 is 15.9 Å². The maximum absolute atomic E-state index is 9.25. The Morgan fingerprint density at radius 1 is 1.50 bits per heavy atom. The molecule has 0 aliphatic carbocycles. The molecule has 5 heteroatoms. The van der Waals surface area contributed by atoms with Gasteiger partial charge in [0.2, 0.25) is 0 Å². The van der Waals surface area contributed by atoms with E-state index in [9.17, 15) is 5.11 Å². The van der Waals surface area contributed by atoms with Gasteiger partial charge in [0, 0.05) is 18.1 Å². The van der Waals surface area contributed by atoms with Gasteiger partial charge in [0.1, 0.15) is 12.4 Å². The third kappa shape index (κ3) is 2.11. The van der Waals surface area contributed by atoms with Crippen LogP contribution in [0.15, 0.2) is 22.7 Å². The summed E-state index contributed by atoms with van der Waals surface area (Å²) in [7, 11) is 1.66. The molecule has 86 valence electrons. The van der Waals surface area contributed by atoms with E-state index in [0.717, 1.165) is 15.5 Å². The third-order valence-electron chi connectivity index (χ3n) is 2.45. The Balaban J connectivity index is 2.50. The molecule has 1 heterocycles. The molecule has 0 aliphatic heterocycles. The van der Waals surface area contributed by atoms with E-state index >= 15 is 0 Å². The quantitative estimate of drug-likeness (QED) is 0.933. The molecule has 0 bridgehead atoms. The van der Waals surface area contributed by atoms with Gasteiger partial charge in [-0.2, -0.15) is 0 Å². The lowest BCUT2D eigenvalue weighted by molar-refractivity contribution is 0.184. The highest BCUT2D eigenvalue weighted by Gasteiger charge is 2.09. The highest BCUT2D eigenvalue weighted by atomic mass is 79.9. The molecule has 0 amide bonds. The summed E-state index contributed by atoms with van der Waals surface area (Å²) in [4.78, 5) is 4.37. The fourth-order valence-corrected chi connectivity index (χ4v) is 2.05. The van der Waals surface area contributed by atoms with Crippen LogP contribution < -0.4 is 0 Å². The summed E-state index contributed by atoms with van der Waals surface area (Å²) in [5, 5.41) is 9.25. The zero-order valence-electron chi connectivity index (χ0n) is 8.98. The minimum Gasteiger partial charge on any atom is -0.388 e. The van der Waals surface area contributed by atoms with Crippen LogP contribution in [0.2, 0.25) is 0 Å². The number of methoxy groups -OCH3 is 1. The number of ether oxygens (including phenoxy) is 1. The second kappa shape index (κ2) is 4.95. The predicted octanol–water partition coefficient (Wildman–Crippen LogP) is 1.94. The maximum atomic E-state index is 9.25. The zero-order valence-corrected chi connectivity index (χ0v) is 10.6. The van der Waals surface area contributed by atoms with Gasteiger partial charge in [-0.3, -0.25) is 0 Å². The molecule has 0 saturated carbocycles. The number of halogens is 1. The highest BCUT2D eigenvalue weighted by molar-refractivity contribution is 9.10. The van der Waals surface area contributed by atoms with Crippen LogP contribution in [0.25, 0.3) is 11.0 Å². The third-order valence-corrected chi connectivity index (χ3v) is 2.94. The van der Waals surface area contributed by atoms with E-state index < -0.39 is 0 Å². The molecule has 1 aromatic heterocycles. The fraction of sp³-hybridized carbons (Fsp3) is 0.364. The highest BCUT2D eigenvalue weighted by Crippen LogP contribution is 2.20. The predicted molar refractivity (Wildman–Crippen MR) is 65.2 cm³/mol. The standard InChI is InChI=1S/C11H13BrN2O2/c1-16-5-4-14-10-3-2-8(12)6-9(10)13-11(14)7-15/h2-3,6,15H,4-5,7H2,1H3. The summed E-state index contributed by atoms with van der Waals surface area (Å²) in [6, 6.07) is 5.90. The Bertz CT molecular complexity index is 496. The lowest BCUT2D eigenvalue weighted by Gasteiger charge is -2.06. The molecule has 1 aromatic carbocycles. The zero-order chi connectivity index (χ0) is 11.5. The molecule has 0 aliphatic rings. The van der Waals surface area contributed by atoms with E-state index in [0.29, 0.717) is 19.0 Å². The van der Waals surface area contributed by atoms with Gasteiger partial charge in [-0.05, 0) is 18.2 Å². The van der Waals surface area contributed by atoms with Gasteiger partial charge in [-0.1, -0.05) is 15.9 Å². The first-order valence-corrected chi connectivity index (χ1v) is 5.80. The van der Waals surface area contributed by atoms with Crippen LogP contribution in [0.3, 0.4) is 0 Å². The van der Waals surface area contributed by atoms with Crippen molar-refractivity contribution in [1.82, 2.24) is 9.55 Å². The Labute approximate surface area is 102 Å². The molecule has 2 aromatic rings. The van der Waals surface area contributed by atoms with Crippen LogP contribution in [-0.4, -0.2) is 28.4 Å². The largest absolute Gasteiger partial charge is 0.388 e. The molecular weight excluding hydrogens is 272 g/mol. The van der Waals surface area contributed by atoms with Crippen LogP contribution in [0, 0.1) is 0 Å². The first-order chi connectivity index (χ1) is 7.76. The summed E-state index contributed by atoms with van der Waals surface area (Å²) in [5.74, 6) is 0.671. The molecule has 0 radical (unpaired) electrons. The van der Waals surface area contributed by atoms with Crippen molar-refractivity contribution < 1.29 is 9.84 Å². The number of aliphatic hydroxyl groups excluding tert-OH is 1. The van der Waals surface area contributed by atoms with Crippen molar-refractivity contribution in [3.63, 3.8) is 0 Å². The number of aliphatic hydroxyl groups is 1. The molecular formula is C11H13BrN2O2. The summed E-state index contributed by atoms with van der Waals surface area (Å²) >= 11 is 3.40. The van der Waals surface area contributed by atoms with Gasteiger partial charge < -0.3 is 14.4 Å². The van der Waals surface area contributed by atoms with E-state index in [1.165, 1.54) is 0 Å². The molecule has 1 N–H and O–H groups in total. The van der Waals surface area contributed by atoms with Gasteiger partial charge in [-0.25, -0.2) is 4.98 Å². The molecule has 16 heavy (non-hydrogen) atoms. The van der Waals surface area contributed by atoms with E-state index in [-0.39, 0.29) is 6.61 Å². The monoisotopic (exact) mass is 284 g/mol. The second-order valence-corrected chi connectivity index (χ2v) is 4.38. The Kier molecular flexibility index (Phi) is 3.58. The second-order valence-electron chi connectivity index (χ2n) is 3.46. The fourth-order valence-electron chi connectivity index (χ4n) is 1.71. The number of imidazole rings is 1. The minimum atomic E-state index is -0.0595. The van der Waals surface area contributed by atoms with Gasteiger partial charge in [0.15, 0.2) is 0 Å². The average Bonchev–Trinajstić information content (AvgIpc) is 2.63. The van der Waals surface area contributed by atoms with Crippen molar-refractivity contribution in [1.29, 1.82) is 0 Å². The first kappa shape index (κ1) is 11.6. The van der Waals surface area contributed by atoms with Gasteiger partial charge in [0.05, 0.1) is 17.6 Å². The Morgan fingerprint density at radius 2 is 2.31 bits per heavy atom. The number of aromatic nitrogens is 2. The number of benzene rings is 1. The van der Waals surface area contributed by atoms with Gasteiger partial charge >= 0.3 is 0 Å². The van der Waals surface area contributed by atoms with Crippen LogP contribution in [0.4, 0.5) is 0 Å². The van der Waals surface area contributed by atoms with Crippen molar-refractivity contribution in [2.75, 3.05) is 13.7 Å². The van der Waals surface area contributed by atoms with Gasteiger partial charge in [-0.15, -0.1) is 0 Å². The van der Waals surface area contributed by atoms with Crippen molar-refractivity contribution in [2.24, 2.45) is 0 Å². The molecule has 4 nitrogen and oxygen atoms in total. The smallest absolute Gasteiger partial charge is 0.135 e. The number of fused-ring (bicyclic) bond motifs is 1. The summed E-state index contributed by atoms with van der Waals surface area (Å²) in [6.07, 6.45) is 0. The van der Waals surface area contributed by atoms with E-state index in [2.05, 4.69) is 20.9 Å². The lowest BCUT2D eigenvalue weighted by atomic mass is 10.3. The van der Waals surface area contributed by atoms with Crippen molar-refractivity contribution in [3.05, 3.63) is 28.5 Å². The van der Waals surface area contributed by atoms with E-state index in [1.54, 1.807) is 7.11 Å². The average molecular weight is 285 g/mol. The minimum absolute atomic E-state index is 0.0595. The number of rotatable bonds is 4. The Hall–Kier alpha value is -0.910. The van der Waals surface area contributed by atoms with Crippen LogP contribution in [0.1, 0.15) is 5.82 Å². The number of hydrogen-bond acceptors (Lipinski definition) is 3.